The molecule has 2 rings (SSSR count). The van der Waals surface area contributed by atoms with Gasteiger partial charge in [-0.15, -0.1) is 0 Å². The van der Waals surface area contributed by atoms with E-state index in [0.29, 0.717) is 17.3 Å². The summed E-state index contributed by atoms with van der Waals surface area (Å²) in [6.45, 7) is 0. The lowest BCUT2D eigenvalue weighted by Gasteiger charge is -2.36. The van der Waals surface area contributed by atoms with Crippen molar-refractivity contribution in [2.75, 3.05) is 11.5 Å². The normalized spacial score (nSPS) is 23.8. The number of thiocarbonyl (C=S) groups is 1. The highest BCUT2D eigenvalue weighted by atomic mass is 32.2. The van der Waals surface area contributed by atoms with Crippen LogP contribution in [0.25, 0.3) is 0 Å². The van der Waals surface area contributed by atoms with Crippen molar-refractivity contribution in [3.63, 3.8) is 0 Å². The minimum absolute atomic E-state index is 0.153. The quantitative estimate of drug-likeness (QED) is 0.777. The molecule has 0 atom stereocenters. The molecule has 1 amide bonds. The third-order valence-electron chi connectivity index (χ3n) is 4.87. The van der Waals surface area contributed by atoms with Gasteiger partial charge in [0.25, 0.3) is 0 Å². The van der Waals surface area contributed by atoms with Crippen LogP contribution in [0.5, 0.6) is 0 Å². The summed E-state index contributed by atoms with van der Waals surface area (Å²) >= 11 is 7.31. The largest absolute Gasteiger partial charge is 0.391 e. The first-order chi connectivity index (χ1) is 10.1. The Balaban J connectivity index is 1.93. The summed E-state index contributed by atoms with van der Waals surface area (Å²) in [5.41, 5.74) is 5.60. The highest BCUT2D eigenvalue weighted by Crippen LogP contribution is 2.29. The first-order valence-electron chi connectivity index (χ1n) is 8.31. The number of amides is 1. The lowest BCUT2D eigenvalue weighted by molar-refractivity contribution is -0.123. The van der Waals surface area contributed by atoms with Gasteiger partial charge in [0.05, 0.1) is 10.5 Å². The van der Waals surface area contributed by atoms with Crippen molar-refractivity contribution in [3.8, 4) is 0 Å². The Morgan fingerprint density at radius 1 is 1.14 bits per heavy atom. The average molecular weight is 329 g/mol. The maximum Gasteiger partial charge on any atom is 0.221 e. The van der Waals surface area contributed by atoms with Gasteiger partial charge in [0.2, 0.25) is 5.91 Å². The van der Waals surface area contributed by atoms with Gasteiger partial charge in [-0.1, -0.05) is 44.3 Å². The van der Waals surface area contributed by atoms with E-state index in [1.165, 1.54) is 30.8 Å². The molecule has 5 heteroatoms. The molecule has 2 fully saturated rings. The minimum atomic E-state index is -0.420. The van der Waals surface area contributed by atoms with E-state index in [0.717, 1.165) is 38.5 Å². The maximum absolute atomic E-state index is 12.5. The Bertz CT molecular complexity index is 359. The molecule has 2 aliphatic rings. The van der Waals surface area contributed by atoms with Crippen molar-refractivity contribution in [2.24, 2.45) is 11.7 Å². The molecule has 1 heterocycles. The molecule has 0 aromatic heterocycles. The summed E-state index contributed by atoms with van der Waals surface area (Å²) in [7, 11) is 0. The maximum atomic E-state index is 12.5. The number of rotatable bonds is 4. The standard InChI is InChI=1S/C16H28N2OS2/c17-15(20)16(8-4-2-1-3-5-9-16)18-14(19)12-13-6-10-21-11-7-13/h13H,1-12H2,(H2,17,20)(H,18,19). The van der Waals surface area contributed by atoms with Crippen molar-refractivity contribution in [1.29, 1.82) is 0 Å². The molecule has 1 aliphatic heterocycles. The third-order valence-corrected chi connectivity index (χ3v) is 6.31. The second kappa shape index (κ2) is 8.37. The van der Waals surface area contributed by atoms with Crippen LogP contribution in [0.1, 0.15) is 64.2 Å². The number of thioether (sulfide) groups is 1. The van der Waals surface area contributed by atoms with Gasteiger partial charge in [0.15, 0.2) is 0 Å². The van der Waals surface area contributed by atoms with E-state index in [9.17, 15) is 4.79 Å². The van der Waals surface area contributed by atoms with Crippen molar-refractivity contribution in [2.45, 2.75) is 69.7 Å². The lowest BCUT2D eigenvalue weighted by atomic mass is 9.83. The smallest absolute Gasteiger partial charge is 0.221 e. The number of carbonyl (C=O) groups is 1. The van der Waals surface area contributed by atoms with Crippen LogP contribution in [0.15, 0.2) is 0 Å². The topological polar surface area (TPSA) is 55.1 Å². The number of nitrogens with two attached hydrogens (primary N) is 1. The second-order valence-corrected chi connectivity index (χ2v) is 8.19. The van der Waals surface area contributed by atoms with Crippen LogP contribution in [0, 0.1) is 5.92 Å². The van der Waals surface area contributed by atoms with Gasteiger partial charge in [-0.3, -0.25) is 4.79 Å². The summed E-state index contributed by atoms with van der Waals surface area (Å²) in [5, 5.41) is 3.23. The Hall–Kier alpha value is -0.290. The molecule has 120 valence electrons. The zero-order chi connectivity index (χ0) is 15.1. The zero-order valence-corrected chi connectivity index (χ0v) is 14.5. The molecule has 0 aromatic rings. The predicted molar refractivity (Wildman–Crippen MR) is 94.6 cm³/mol. The van der Waals surface area contributed by atoms with Crippen LogP contribution < -0.4 is 11.1 Å². The fraction of sp³-hybridized carbons (Fsp3) is 0.875. The SMILES string of the molecule is NC(=S)C1(NC(=O)CC2CCSCC2)CCCCCCC1. The molecule has 0 aromatic carbocycles. The van der Waals surface area contributed by atoms with Crippen molar-refractivity contribution in [1.82, 2.24) is 5.32 Å². The van der Waals surface area contributed by atoms with Crippen LogP contribution >= 0.6 is 24.0 Å². The fourth-order valence-electron chi connectivity index (χ4n) is 3.47. The van der Waals surface area contributed by atoms with Gasteiger partial charge < -0.3 is 11.1 Å². The van der Waals surface area contributed by atoms with Gasteiger partial charge in [-0.2, -0.15) is 11.8 Å². The molecule has 0 bridgehead atoms. The van der Waals surface area contributed by atoms with Gasteiger partial charge >= 0.3 is 0 Å². The van der Waals surface area contributed by atoms with Crippen molar-refractivity contribution in [3.05, 3.63) is 0 Å². The molecule has 0 unspecified atom stereocenters. The minimum Gasteiger partial charge on any atom is -0.391 e. The van der Waals surface area contributed by atoms with Crippen LogP contribution in [0.3, 0.4) is 0 Å². The Morgan fingerprint density at radius 3 is 2.29 bits per heavy atom. The average Bonchev–Trinajstić information content (AvgIpc) is 2.42. The summed E-state index contributed by atoms with van der Waals surface area (Å²) < 4.78 is 0. The summed E-state index contributed by atoms with van der Waals surface area (Å²) in [4.78, 5) is 12.9. The van der Waals surface area contributed by atoms with Crippen molar-refractivity contribution < 1.29 is 4.79 Å². The van der Waals surface area contributed by atoms with E-state index in [4.69, 9.17) is 18.0 Å². The van der Waals surface area contributed by atoms with E-state index in [1.807, 2.05) is 11.8 Å². The van der Waals surface area contributed by atoms with E-state index in [-0.39, 0.29) is 5.91 Å². The van der Waals surface area contributed by atoms with Crippen LogP contribution in [-0.2, 0) is 4.79 Å². The van der Waals surface area contributed by atoms with Crippen molar-refractivity contribution >= 4 is 34.9 Å². The molecule has 1 saturated heterocycles. The van der Waals surface area contributed by atoms with Gasteiger partial charge in [0, 0.05) is 6.42 Å². The highest BCUT2D eigenvalue weighted by Gasteiger charge is 2.35. The van der Waals surface area contributed by atoms with E-state index in [2.05, 4.69) is 5.32 Å². The van der Waals surface area contributed by atoms with E-state index in [1.54, 1.807) is 0 Å². The van der Waals surface area contributed by atoms with Gasteiger partial charge in [-0.25, -0.2) is 0 Å². The first kappa shape index (κ1) is 17.1. The van der Waals surface area contributed by atoms with E-state index >= 15 is 0 Å². The molecule has 1 aliphatic carbocycles. The van der Waals surface area contributed by atoms with Crippen LogP contribution in [0.4, 0.5) is 0 Å². The molecule has 21 heavy (non-hydrogen) atoms. The highest BCUT2D eigenvalue weighted by molar-refractivity contribution is 7.99. The summed E-state index contributed by atoms with van der Waals surface area (Å²) in [5.74, 6) is 3.08. The van der Waals surface area contributed by atoms with Crippen LogP contribution in [-0.4, -0.2) is 27.9 Å². The molecule has 3 N–H and O–H groups in total. The molecule has 3 nitrogen and oxygen atoms in total. The van der Waals surface area contributed by atoms with E-state index < -0.39 is 5.54 Å². The number of hydrogen-bond acceptors (Lipinski definition) is 3. The number of nitrogens with one attached hydrogen (secondary N) is 1. The third kappa shape index (κ3) is 5.13. The Labute approximate surface area is 138 Å². The summed E-state index contributed by atoms with van der Waals surface area (Å²) in [6, 6.07) is 0. The van der Waals surface area contributed by atoms with Crippen LogP contribution in [0.2, 0.25) is 0 Å². The Morgan fingerprint density at radius 2 is 1.71 bits per heavy atom. The zero-order valence-electron chi connectivity index (χ0n) is 12.9. The second-order valence-electron chi connectivity index (χ2n) is 6.52. The summed E-state index contributed by atoms with van der Waals surface area (Å²) in [6.07, 6.45) is 10.8. The fourth-order valence-corrected chi connectivity index (χ4v) is 4.93. The molecular weight excluding hydrogens is 300 g/mol. The Kier molecular flexibility index (Phi) is 6.80. The molecular formula is C16H28N2OS2. The molecule has 0 radical (unpaired) electrons. The predicted octanol–water partition coefficient (Wildman–Crippen LogP) is 3.41. The van der Waals surface area contributed by atoms with Gasteiger partial charge in [-0.05, 0) is 43.1 Å². The lowest BCUT2D eigenvalue weighted by Crippen LogP contribution is -2.57. The molecule has 0 spiro atoms. The first-order valence-corrected chi connectivity index (χ1v) is 9.87. The number of carbonyl (C=O) groups excluding carboxylic acids is 1. The molecule has 1 saturated carbocycles. The van der Waals surface area contributed by atoms with Gasteiger partial charge in [0.1, 0.15) is 0 Å². The monoisotopic (exact) mass is 328 g/mol. The number of hydrogen-bond donors (Lipinski definition) is 2.